The number of allylic oxidation sites excluding steroid dienone is 2. The van der Waals surface area contributed by atoms with Gasteiger partial charge in [0, 0.05) is 33.1 Å². The molecule has 0 bridgehead atoms. The van der Waals surface area contributed by atoms with Crippen molar-refractivity contribution in [3.63, 3.8) is 0 Å². The van der Waals surface area contributed by atoms with Crippen LogP contribution < -0.4 is 0 Å². The SMILES string of the molecule is CC(=O)O[C@H]1/C=C\C(C)=C/[C@@H]2OC(=O)[C@]3(C)O[C@]23[C@@H](OC(C)=O)[C@H]2[C@]3(C)O[C@@H]3C[C@H](OC(C)=O)[C@]12C. The van der Waals surface area contributed by atoms with Gasteiger partial charge in [0.25, 0.3) is 0 Å². The van der Waals surface area contributed by atoms with Crippen molar-refractivity contribution >= 4 is 23.9 Å². The van der Waals surface area contributed by atoms with E-state index in [1.165, 1.54) is 20.8 Å². The number of carbonyl (C=O) groups is 4. The van der Waals surface area contributed by atoms with Crippen molar-refractivity contribution in [3.05, 3.63) is 23.8 Å². The lowest BCUT2D eigenvalue weighted by molar-refractivity contribution is -0.205. The van der Waals surface area contributed by atoms with Gasteiger partial charge in [-0.25, -0.2) is 4.79 Å². The maximum Gasteiger partial charge on any atom is 0.342 e. The van der Waals surface area contributed by atoms with Crippen molar-refractivity contribution < 1.29 is 47.6 Å². The predicted octanol–water partition coefficient (Wildman–Crippen LogP) is 1.93. The molecule has 0 amide bonds. The van der Waals surface area contributed by atoms with E-state index in [4.69, 9.17) is 28.4 Å². The molecule has 0 radical (unpaired) electrons. The lowest BCUT2D eigenvalue weighted by atomic mass is 9.54. The first kappa shape index (κ1) is 25.0. The minimum atomic E-state index is -1.36. The third kappa shape index (κ3) is 3.23. The fourth-order valence-electron chi connectivity index (χ4n) is 6.93. The van der Waals surface area contributed by atoms with Crippen molar-refractivity contribution in [1.82, 2.24) is 0 Å². The summed E-state index contributed by atoms with van der Waals surface area (Å²) in [6.07, 6.45) is 1.77. The zero-order valence-corrected chi connectivity index (χ0v) is 21.5. The molecule has 10 nitrogen and oxygen atoms in total. The van der Waals surface area contributed by atoms with Gasteiger partial charge in [-0.3, -0.25) is 14.4 Å². The van der Waals surface area contributed by atoms with Gasteiger partial charge in [0.1, 0.15) is 18.3 Å². The maximum atomic E-state index is 13.0. The van der Waals surface area contributed by atoms with Crippen LogP contribution in [-0.4, -0.2) is 71.2 Å². The van der Waals surface area contributed by atoms with Crippen LogP contribution in [0.25, 0.3) is 0 Å². The largest absolute Gasteiger partial charge is 0.462 e. The summed E-state index contributed by atoms with van der Waals surface area (Å²) in [4.78, 5) is 50.0. The number of esters is 4. The van der Waals surface area contributed by atoms with E-state index in [9.17, 15) is 19.2 Å². The minimum absolute atomic E-state index is 0.307. The molecule has 1 spiro atoms. The molecule has 0 N–H and O–H groups in total. The summed E-state index contributed by atoms with van der Waals surface area (Å²) in [6.45, 7) is 11.1. The van der Waals surface area contributed by atoms with Gasteiger partial charge in [0.15, 0.2) is 17.3 Å². The summed E-state index contributed by atoms with van der Waals surface area (Å²) in [5, 5.41) is 0. The molecule has 3 saturated heterocycles. The average Bonchev–Trinajstić information content (AvgIpc) is 3.58. The molecule has 0 aromatic rings. The number of hydrogen-bond acceptors (Lipinski definition) is 10. The number of hydrogen-bond donors (Lipinski definition) is 0. The zero-order valence-electron chi connectivity index (χ0n) is 21.5. The highest BCUT2D eigenvalue weighted by Gasteiger charge is 2.89. The van der Waals surface area contributed by atoms with Gasteiger partial charge >= 0.3 is 23.9 Å². The molecule has 36 heavy (non-hydrogen) atoms. The van der Waals surface area contributed by atoms with Gasteiger partial charge in [0.2, 0.25) is 0 Å². The molecule has 10 heteroatoms. The maximum absolute atomic E-state index is 13.0. The molecule has 1 saturated carbocycles. The monoisotopic (exact) mass is 504 g/mol. The van der Waals surface area contributed by atoms with Crippen LogP contribution in [0.3, 0.4) is 0 Å². The lowest BCUT2D eigenvalue weighted by Gasteiger charge is -2.53. The second-order valence-electron chi connectivity index (χ2n) is 11.1. The van der Waals surface area contributed by atoms with Gasteiger partial charge in [-0.15, -0.1) is 0 Å². The molecular weight excluding hydrogens is 472 g/mol. The lowest BCUT2D eigenvalue weighted by Crippen LogP contribution is -2.66. The number of epoxide rings is 2. The van der Waals surface area contributed by atoms with Crippen molar-refractivity contribution in [2.24, 2.45) is 11.3 Å². The third-order valence-electron chi connectivity index (χ3n) is 8.69. The van der Waals surface area contributed by atoms with Crippen LogP contribution in [0.1, 0.15) is 54.9 Å². The summed E-state index contributed by atoms with van der Waals surface area (Å²) in [5.74, 6) is -2.88. The van der Waals surface area contributed by atoms with E-state index in [1.54, 1.807) is 25.2 Å². The molecule has 3 heterocycles. The second-order valence-corrected chi connectivity index (χ2v) is 11.1. The van der Waals surface area contributed by atoms with Gasteiger partial charge in [-0.2, -0.15) is 0 Å². The fourth-order valence-corrected chi connectivity index (χ4v) is 6.93. The van der Waals surface area contributed by atoms with Crippen molar-refractivity contribution in [2.45, 2.75) is 102 Å². The van der Waals surface area contributed by atoms with Crippen LogP contribution in [-0.2, 0) is 47.6 Å². The highest BCUT2D eigenvalue weighted by Crippen LogP contribution is 2.69. The Morgan fingerprint density at radius 1 is 1.00 bits per heavy atom. The first-order valence-electron chi connectivity index (χ1n) is 12.2. The molecule has 0 unspecified atom stereocenters. The summed E-state index contributed by atoms with van der Waals surface area (Å²) in [6, 6.07) is 0. The predicted molar refractivity (Wildman–Crippen MR) is 121 cm³/mol. The highest BCUT2D eigenvalue weighted by molar-refractivity contribution is 5.89. The number of ether oxygens (including phenoxy) is 6. The first-order chi connectivity index (χ1) is 16.7. The standard InChI is InChI=1S/C26H32O10/c1-12-8-9-16(31-13(2)27)23(5)17(32-14(3)28)11-18-24(6,35-18)20(23)21(33-15(4)29)26-19(10-12)34-22(30)25(26,7)36-26/h8-10,16-21H,11H2,1-7H3/b9-8-,12-10-/t16-,17-,18+,19-,20+,21-,23-,24+,25-,26-/m0/s1. The molecule has 3 aliphatic heterocycles. The fraction of sp³-hybridized carbons (Fsp3) is 0.692. The van der Waals surface area contributed by atoms with E-state index in [2.05, 4.69) is 0 Å². The minimum Gasteiger partial charge on any atom is -0.462 e. The van der Waals surface area contributed by atoms with Gasteiger partial charge in [-0.05, 0) is 32.9 Å². The Morgan fingerprint density at radius 3 is 2.22 bits per heavy atom. The molecule has 0 aromatic carbocycles. The van der Waals surface area contributed by atoms with Gasteiger partial charge < -0.3 is 28.4 Å². The van der Waals surface area contributed by atoms with E-state index in [1.807, 2.05) is 20.8 Å². The van der Waals surface area contributed by atoms with E-state index in [-0.39, 0.29) is 6.10 Å². The molecule has 0 aromatic heterocycles. The van der Waals surface area contributed by atoms with Crippen LogP contribution in [0.5, 0.6) is 0 Å². The Morgan fingerprint density at radius 2 is 1.64 bits per heavy atom. The first-order valence-corrected chi connectivity index (χ1v) is 12.2. The summed E-state index contributed by atoms with van der Waals surface area (Å²) in [7, 11) is 0. The van der Waals surface area contributed by atoms with E-state index in [0.29, 0.717) is 6.42 Å². The number of carbonyl (C=O) groups excluding carboxylic acids is 4. The van der Waals surface area contributed by atoms with Crippen molar-refractivity contribution in [1.29, 1.82) is 0 Å². The van der Waals surface area contributed by atoms with Crippen molar-refractivity contribution in [2.75, 3.05) is 0 Å². The Kier molecular flexibility index (Phi) is 5.30. The zero-order chi connectivity index (χ0) is 26.4. The summed E-state index contributed by atoms with van der Waals surface area (Å²) < 4.78 is 35.8. The Balaban J connectivity index is 1.78. The number of rotatable bonds is 3. The normalized spacial score (nSPS) is 50.4. The highest BCUT2D eigenvalue weighted by atomic mass is 16.7. The van der Waals surface area contributed by atoms with Crippen LogP contribution in [0.2, 0.25) is 0 Å². The topological polar surface area (TPSA) is 130 Å². The molecule has 5 aliphatic rings. The molecule has 5 rings (SSSR count). The second kappa shape index (κ2) is 7.64. The van der Waals surface area contributed by atoms with Crippen LogP contribution in [0, 0.1) is 11.3 Å². The molecule has 2 aliphatic carbocycles. The van der Waals surface area contributed by atoms with Crippen molar-refractivity contribution in [3.8, 4) is 0 Å². The smallest absolute Gasteiger partial charge is 0.342 e. The third-order valence-corrected chi connectivity index (χ3v) is 8.69. The summed E-state index contributed by atoms with van der Waals surface area (Å²) in [5.41, 5.74) is -3.95. The van der Waals surface area contributed by atoms with Crippen LogP contribution in [0.4, 0.5) is 0 Å². The number of fused-ring (bicyclic) bond motifs is 3. The van der Waals surface area contributed by atoms with E-state index >= 15 is 0 Å². The van der Waals surface area contributed by atoms with Gasteiger partial charge in [-0.1, -0.05) is 18.6 Å². The summed E-state index contributed by atoms with van der Waals surface area (Å²) >= 11 is 0. The molecule has 196 valence electrons. The molecule has 4 fully saturated rings. The Hall–Kier alpha value is -2.72. The Labute approximate surface area is 209 Å². The Bertz CT molecular complexity index is 1110. The van der Waals surface area contributed by atoms with Crippen LogP contribution in [0.15, 0.2) is 23.8 Å². The van der Waals surface area contributed by atoms with Gasteiger partial charge in [0.05, 0.1) is 17.1 Å². The quantitative estimate of drug-likeness (QED) is 0.319. The van der Waals surface area contributed by atoms with E-state index in [0.717, 1.165) is 5.57 Å². The average molecular weight is 505 g/mol. The molecular formula is C26H32O10. The molecule has 10 atom stereocenters. The van der Waals surface area contributed by atoms with Crippen LogP contribution >= 0.6 is 0 Å². The van der Waals surface area contributed by atoms with E-state index < -0.39 is 76.4 Å².